The van der Waals surface area contributed by atoms with E-state index in [9.17, 15) is 51.9 Å². The van der Waals surface area contributed by atoms with Crippen LogP contribution in [0, 0.1) is 7.43 Å². The molecule has 0 heterocycles. The van der Waals surface area contributed by atoms with E-state index < -0.39 is 41.6 Å². The Balaban J connectivity index is -0.000000369. The van der Waals surface area contributed by atoms with Crippen LogP contribution in [0.2, 0.25) is 0 Å². The fraction of sp³-hybridized carbons (Fsp3) is 0.986. The monoisotopic (exact) mass is 1410 g/mol. The number of hydrogen-bond acceptors (Lipinski definition) is 16. The Hall–Kier alpha value is -0.520. The Morgan fingerprint density at radius 3 is 0.312 bits per heavy atom. The smallest absolute Gasteiger partial charge is 0.726 e. The van der Waals surface area contributed by atoms with Crippen LogP contribution in [0.15, 0.2) is 0 Å². The van der Waals surface area contributed by atoms with E-state index >= 15 is 0 Å². The first-order valence-electron chi connectivity index (χ1n) is 38.6. The molecule has 0 aromatic heterocycles. The van der Waals surface area contributed by atoms with Crippen molar-refractivity contribution in [3.63, 3.8) is 0 Å². The van der Waals surface area contributed by atoms with Gasteiger partial charge >= 0.3 is 7.43 Å². The molecule has 0 amide bonds. The number of rotatable bonds is 72. The summed E-state index contributed by atoms with van der Waals surface area (Å²) in [6, 6.07) is 0. The van der Waals surface area contributed by atoms with E-state index in [0.29, 0.717) is 25.7 Å². The predicted octanol–water partition coefficient (Wildman–Crippen LogP) is 23.0. The molecule has 20 heteroatoms. The van der Waals surface area contributed by atoms with Crippen molar-refractivity contribution in [2.75, 3.05) is 26.4 Å². The summed E-state index contributed by atoms with van der Waals surface area (Å²) in [6.07, 6.45) is 81.3. The van der Waals surface area contributed by atoms with Crippen molar-refractivity contribution in [2.45, 2.75) is 439 Å². The van der Waals surface area contributed by atoms with E-state index in [0.717, 1.165) is 51.4 Å². The van der Waals surface area contributed by atoms with Gasteiger partial charge in [0.05, 0.1) is 26.4 Å². The van der Waals surface area contributed by atoms with Gasteiger partial charge < -0.3 is 18.2 Å². The van der Waals surface area contributed by atoms with Gasteiger partial charge in [-0.05, 0) is 25.7 Å². The van der Waals surface area contributed by atoms with Crippen LogP contribution < -0.4 is 0 Å². The first kappa shape index (κ1) is 101. The molecule has 0 N–H and O–H groups in total. The second-order valence-corrected chi connectivity index (χ2v) is 30.3. The molecule has 0 saturated heterocycles. The zero-order chi connectivity index (χ0) is 68.9. The van der Waals surface area contributed by atoms with E-state index in [1.165, 1.54) is 334 Å². The third kappa shape index (κ3) is 116. The zero-order valence-electron chi connectivity index (χ0n) is 60.7. The quantitative estimate of drug-likeness (QED) is 0.0311. The summed E-state index contributed by atoms with van der Waals surface area (Å²) < 4.78 is 139. The van der Waals surface area contributed by atoms with Crippen molar-refractivity contribution in [3.05, 3.63) is 7.43 Å². The molecule has 0 spiro atoms. The van der Waals surface area contributed by atoms with Crippen LogP contribution in [0.5, 0.6) is 0 Å². The molecule has 0 saturated carbocycles. The minimum atomic E-state index is -4.49. The molecule has 560 valence electrons. The largest absolute Gasteiger partial charge is 4.00 e. The van der Waals surface area contributed by atoms with Crippen molar-refractivity contribution in [1.29, 1.82) is 0 Å². The van der Waals surface area contributed by atoms with E-state index in [4.69, 9.17) is 0 Å². The van der Waals surface area contributed by atoms with Gasteiger partial charge in [0.1, 0.15) is 0 Å². The van der Waals surface area contributed by atoms with Crippen LogP contribution in [-0.4, -0.2) is 78.3 Å². The summed E-state index contributed by atoms with van der Waals surface area (Å²) in [7, 11) is -18.0. The molecule has 0 aliphatic heterocycles. The Kier molecular flexibility index (Phi) is 89.3. The Morgan fingerprint density at radius 1 is 0.161 bits per heavy atom. The Labute approximate surface area is 579 Å². The number of hydrogen-bond donors (Lipinski definition) is 0. The van der Waals surface area contributed by atoms with Gasteiger partial charge in [0, 0.05) is 0 Å². The summed E-state index contributed by atoms with van der Waals surface area (Å²) in [5, 5.41) is 0. The molecule has 16 nitrogen and oxygen atoms in total. The molecule has 0 atom stereocenters. The van der Waals surface area contributed by atoms with Crippen molar-refractivity contribution in [3.8, 4) is 0 Å². The van der Waals surface area contributed by atoms with Crippen molar-refractivity contribution < 1.29 is 68.6 Å². The molecule has 0 aromatic carbocycles. The predicted molar refractivity (Wildman–Crippen MR) is 384 cm³/mol. The van der Waals surface area contributed by atoms with E-state index in [-0.39, 0.29) is 33.9 Å². The van der Waals surface area contributed by atoms with Gasteiger partial charge in [-0.25, -0.2) is 33.7 Å². The van der Waals surface area contributed by atoms with Gasteiger partial charge in [-0.15, -0.1) is 0 Å². The first-order chi connectivity index (χ1) is 44.2. The van der Waals surface area contributed by atoms with Gasteiger partial charge in [-0.3, -0.25) is 16.7 Å². The fourth-order valence-electron chi connectivity index (χ4n) is 11.2. The molecule has 0 unspecified atom stereocenters. The molecule has 0 fully saturated rings. The second kappa shape index (κ2) is 82.1. The zero-order valence-corrected chi connectivity index (χ0v) is 64.0. The third-order valence-electron chi connectivity index (χ3n) is 16.9. The molecule has 0 radical (unpaired) electrons. The van der Waals surface area contributed by atoms with Gasteiger partial charge in [0.15, 0.2) is 0 Å². The average molecular weight is 1410 g/mol. The molecule has 0 aliphatic rings. The van der Waals surface area contributed by atoms with Crippen LogP contribution >= 0.6 is 0 Å². The van der Waals surface area contributed by atoms with Gasteiger partial charge in [0.25, 0.3) is 0 Å². The minimum Gasteiger partial charge on any atom is -0.726 e. The molecule has 93 heavy (non-hydrogen) atoms. The van der Waals surface area contributed by atoms with Crippen molar-refractivity contribution >= 4 is 41.6 Å². The SMILES string of the molecule is CCCCCCCCCCCCCCCCCCOS(=O)(=O)[O-].CCCCCCCCCCCCCCCCCCOS(=O)(=O)[O-].CCCCCCCCCCCCCCCCCCOS(=O)(=O)[O-].CCCCCCCCCCCCCCCCCCOS(=O)(=O)[O-].[C+4]. The molecule has 0 rings (SSSR count). The summed E-state index contributed by atoms with van der Waals surface area (Å²) in [5.41, 5.74) is 0. The average Bonchev–Trinajstić information content (AvgIpc) is 3.67. The molecular weight excluding hydrogens is 1260 g/mol. The van der Waals surface area contributed by atoms with E-state index in [1.54, 1.807) is 0 Å². The van der Waals surface area contributed by atoms with Crippen LogP contribution in [0.25, 0.3) is 0 Å². The van der Waals surface area contributed by atoms with Crippen LogP contribution in [-0.2, 0) is 58.3 Å². The van der Waals surface area contributed by atoms with Crippen LogP contribution in [0.4, 0.5) is 0 Å². The third-order valence-corrected chi connectivity index (χ3v) is 18.7. The summed E-state index contributed by atoms with van der Waals surface area (Å²) in [6.45, 7) is 9.17. The van der Waals surface area contributed by atoms with Gasteiger partial charge in [-0.2, -0.15) is 0 Å². The van der Waals surface area contributed by atoms with E-state index in [2.05, 4.69) is 44.4 Å². The molecular formula is C73H148O16S4. The molecule has 0 bridgehead atoms. The van der Waals surface area contributed by atoms with Crippen LogP contribution in [0.1, 0.15) is 439 Å². The van der Waals surface area contributed by atoms with E-state index in [1.807, 2.05) is 0 Å². The summed E-state index contributed by atoms with van der Waals surface area (Å²) in [4.78, 5) is 0. The minimum absolute atomic E-state index is 0. The maximum atomic E-state index is 10.2. The summed E-state index contributed by atoms with van der Waals surface area (Å²) in [5.74, 6) is 0. The Morgan fingerprint density at radius 2 is 0.237 bits per heavy atom. The van der Waals surface area contributed by atoms with Gasteiger partial charge in [-0.1, -0.05) is 413 Å². The fourth-order valence-corrected chi connectivity index (χ4v) is 12.5. The van der Waals surface area contributed by atoms with Gasteiger partial charge in [0.2, 0.25) is 41.6 Å². The second-order valence-electron chi connectivity index (χ2n) is 26.1. The Bertz CT molecular complexity index is 1580. The maximum absolute atomic E-state index is 10.2. The number of unbranched alkanes of at least 4 members (excludes halogenated alkanes) is 60. The topological polar surface area (TPSA) is 266 Å². The normalized spacial score (nSPS) is 11.8. The first-order valence-corrected chi connectivity index (χ1v) is 44.0. The standard InChI is InChI=1S/4C18H38O4S.C/c4*1-2-3-4-5-6-7-8-9-10-11-12-13-14-15-16-17-18-22-23(19,20)21;/h4*2-18H2,1H3,(H,19,20,21);/q;;;;+4/p-4. The van der Waals surface area contributed by atoms with Crippen molar-refractivity contribution in [2.24, 2.45) is 0 Å². The van der Waals surface area contributed by atoms with Crippen LogP contribution in [0.3, 0.4) is 0 Å². The molecule has 0 aromatic rings. The summed E-state index contributed by atoms with van der Waals surface area (Å²) >= 11 is 0. The molecule has 0 aliphatic carbocycles. The maximum Gasteiger partial charge on any atom is 4.00 e. The van der Waals surface area contributed by atoms with Crippen molar-refractivity contribution in [1.82, 2.24) is 0 Å².